The Hall–Kier alpha value is -0.670. The summed E-state index contributed by atoms with van der Waals surface area (Å²) >= 11 is 3.39. The Morgan fingerprint density at radius 1 is 1.35 bits per heavy atom. The molecule has 0 amide bonds. The molecule has 1 aliphatic heterocycles. The van der Waals surface area contributed by atoms with E-state index in [2.05, 4.69) is 15.9 Å². The first-order valence-corrected chi connectivity index (χ1v) is 6.81. The Balaban J connectivity index is 2.03. The van der Waals surface area contributed by atoms with Crippen molar-refractivity contribution < 1.29 is 9.53 Å². The summed E-state index contributed by atoms with van der Waals surface area (Å²) < 4.78 is 6.70. The van der Waals surface area contributed by atoms with Crippen molar-refractivity contribution in [1.29, 1.82) is 0 Å². The first-order valence-electron chi connectivity index (χ1n) is 6.02. The van der Waals surface area contributed by atoms with E-state index in [4.69, 9.17) is 4.74 Å². The summed E-state index contributed by atoms with van der Waals surface area (Å²) in [5, 5.41) is 0. The second-order valence-electron chi connectivity index (χ2n) is 4.76. The molecule has 0 saturated carbocycles. The van der Waals surface area contributed by atoms with Gasteiger partial charge in [0.05, 0.1) is 0 Å². The van der Waals surface area contributed by atoms with Crippen molar-refractivity contribution in [3.8, 4) is 0 Å². The Bertz CT molecular complexity index is 391. The molecule has 0 aromatic heterocycles. The van der Waals surface area contributed by atoms with Gasteiger partial charge in [0.1, 0.15) is 5.60 Å². The SMILES string of the molecule is CC1(C(=O)Cc2ccc(Br)cc2)CCCCO1. The largest absolute Gasteiger partial charge is 0.367 e. The van der Waals surface area contributed by atoms with Gasteiger partial charge in [0.2, 0.25) is 0 Å². The minimum atomic E-state index is -0.564. The average Bonchev–Trinajstić information content (AvgIpc) is 2.33. The number of ketones is 1. The van der Waals surface area contributed by atoms with E-state index in [1.54, 1.807) is 0 Å². The van der Waals surface area contributed by atoms with Gasteiger partial charge >= 0.3 is 0 Å². The van der Waals surface area contributed by atoms with Gasteiger partial charge in [-0.3, -0.25) is 4.79 Å². The molecule has 1 saturated heterocycles. The molecule has 92 valence electrons. The first kappa shape index (κ1) is 12.8. The van der Waals surface area contributed by atoms with E-state index in [1.807, 2.05) is 31.2 Å². The number of hydrogen-bond donors (Lipinski definition) is 0. The number of hydrogen-bond acceptors (Lipinski definition) is 2. The molecule has 1 aliphatic rings. The lowest BCUT2D eigenvalue weighted by atomic mass is 9.88. The molecule has 0 radical (unpaired) electrons. The van der Waals surface area contributed by atoms with Crippen LogP contribution in [-0.2, 0) is 16.0 Å². The van der Waals surface area contributed by atoms with Gasteiger partial charge in [-0.05, 0) is 43.9 Å². The van der Waals surface area contributed by atoms with Crippen LogP contribution in [0.1, 0.15) is 31.7 Å². The summed E-state index contributed by atoms with van der Waals surface area (Å²) in [5.74, 6) is 0.194. The molecule has 2 rings (SSSR count). The van der Waals surface area contributed by atoms with E-state index < -0.39 is 5.60 Å². The molecule has 1 atom stereocenters. The number of carbonyl (C=O) groups excluding carboxylic acids is 1. The summed E-state index contributed by atoms with van der Waals surface area (Å²) in [7, 11) is 0. The minimum absolute atomic E-state index is 0.194. The maximum atomic E-state index is 12.2. The highest BCUT2D eigenvalue weighted by Gasteiger charge is 2.35. The predicted molar refractivity (Wildman–Crippen MR) is 71.1 cm³/mol. The lowest BCUT2D eigenvalue weighted by Gasteiger charge is -2.32. The van der Waals surface area contributed by atoms with Crippen LogP contribution in [0.25, 0.3) is 0 Å². The molecular formula is C14H17BrO2. The third kappa shape index (κ3) is 3.17. The highest BCUT2D eigenvalue weighted by atomic mass is 79.9. The summed E-state index contributed by atoms with van der Waals surface area (Å²) in [4.78, 5) is 12.2. The zero-order valence-corrected chi connectivity index (χ0v) is 11.6. The number of rotatable bonds is 3. The summed E-state index contributed by atoms with van der Waals surface area (Å²) in [6.45, 7) is 2.63. The molecule has 1 heterocycles. The zero-order chi connectivity index (χ0) is 12.3. The van der Waals surface area contributed by atoms with Gasteiger partial charge in [-0.15, -0.1) is 0 Å². The maximum Gasteiger partial charge on any atom is 0.168 e. The van der Waals surface area contributed by atoms with E-state index in [1.165, 1.54) is 0 Å². The average molecular weight is 297 g/mol. The number of Topliss-reactive ketones (excluding diaryl/α,β-unsaturated/α-hetero) is 1. The quantitative estimate of drug-likeness (QED) is 0.853. The van der Waals surface area contributed by atoms with Crippen molar-refractivity contribution in [2.24, 2.45) is 0 Å². The third-order valence-corrected chi connectivity index (χ3v) is 3.87. The molecule has 1 aromatic carbocycles. The van der Waals surface area contributed by atoms with Gasteiger partial charge in [0.25, 0.3) is 0 Å². The topological polar surface area (TPSA) is 26.3 Å². The number of halogens is 1. The van der Waals surface area contributed by atoms with Crippen LogP contribution in [-0.4, -0.2) is 18.0 Å². The van der Waals surface area contributed by atoms with Crippen LogP contribution in [0.15, 0.2) is 28.7 Å². The Kier molecular flexibility index (Phi) is 4.00. The van der Waals surface area contributed by atoms with Crippen molar-refractivity contribution in [2.75, 3.05) is 6.61 Å². The maximum absolute atomic E-state index is 12.2. The normalized spacial score (nSPS) is 24.6. The molecule has 17 heavy (non-hydrogen) atoms. The van der Waals surface area contributed by atoms with Gasteiger partial charge in [-0.1, -0.05) is 28.1 Å². The van der Waals surface area contributed by atoms with E-state index in [9.17, 15) is 4.79 Å². The van der Waals surface area contributed by atoms with Crippen molar-refractivity contribution >= 4 is 21.7 Å². The lowest BCUT2D eigenvalue weighted by Crippen LogP contribution is -2.42. The van der Waals surface area contributed by atoms with Gasteiger partial charge in [-0.2, -0.15) is 0 Å². The molecule has 1 aromatic rings. The minimum Gasteiger partial charge on any atom is -0.367 e. The second kappa shape index (κ2) is 5.32. The molecule has 3 heteroatoms. The number of ether oxygens (including phenoxy) is 1. The van der Waals surface area contributed by atoms with Crippen LogP contribution in [0.4, 0.5) is 0 Å². The Labute approximate surface area is 110 Å². The molecule has 0 spiro atoms. The third-order valence-electron chi connectivity index (χ3n) is 3.34. The van der Waals surface area contributed by atoms with Gasteiger partial charge < -0.3 is 4.74 Å². The number of carbonyl (C=O) groups is 1. The molecule has 0 bridgehead atoms. The van der Waals surface area contributed by atoms with Crippen molar-refractivity contribution in [3.63, 3.8) is 0 Å². The standard InChI is InChI=1S/C14H17BrO2/c1-14(8-2-3-9-17-14)13(16)10-11-4-6-12(15)7-5-11/h4-7H,2-3,8-10H2,1H3. The van der Waals surface area contributed by atoms with Crippen LogP contribution in [0.2, 0.25) is 0 Å². The van der Waals surface area contributed by atoms with E-state index in [0.29, 0.717) is 13.0 Å². The van der Waals surface area contributed by atoms with Crippen LogP contribution < -0.4 is 0 Å². The van der Waals surface area contributed by atoms with Crippen LogP contribution in [0.5, 0.6) is 0 Å². The monoisotopic (exact) mass is 296 g/mol. The molecule has 0 N–H and O–H groups in total. The van der Waals surface area contributed by atoms with Gasteiger partial charge in [-0.25, -0.2) is 0 Å². The smallest absolute Gasteiger partial charge is 0.168 e. The van der Waals surface area contributed by atoms with Crippen LogP contribution in [0, 0.1) is 0 Å². The summed E-state index contributed by atoms with van der Waals surface area (Å²) in [5.41, 5.74) is 0.485. The number of benzene rings is 1. The summed E-state index contributed by atoms with van der Waals surface area (Å²) in [6.07, 6.45) is 3.47. The van der Waals surface area contributed by atoms with E-state index in [-0.39, 0.29) is 5.78 Å². The van der Waals surface area contributed by atoms with Gasteiger partial charge in [0.15, 0.2) is 5.78 Å². The van der Waals surface area contributed by atoms with Crippen molar-refractivity contribution in [2.45, 2.75) is 38.2 Å². The highest BCUT2D eigenvalue weighted by molar-refractivity contribution is 9.10. The first-order chi connectivity index (χ1) is 8.10. The Morgan fingerprint density at radius 2 is 2.06 bits per heavy atom. The molecule has 1 fully saturated rings. The van der Waals surface area contributed by atoms with Crippen molar-refractivity contribution in [3.05, 3.63) is 34.3 Å². The van der Waals surface area contributed by atoms with E-state index >= 15 is 0 Å². The van der Waals surface area contributed by atoms with Crippen LogP contribution in [0.3, 0.4) is 0 Å². The molecule has 0 aliphatic carbocycles. The lowest BCUT2D eigenvalue weighted by molar-refractivity contribution is -0.147. The highest BCUT2D eigenvalue weighted by Crippen LogP contribution is 2.26. The Morgan fingerprint density at radius 3 is 2.65 bits per heavy atom. The van der Waals surface area contributed by atoms with Crippen molar-refractivity contribution in [1.82, 2.24) is 0 Å². The fourth-order valence-electron chi connectivity index (χ4n) is 2.13. The van der Waals surface area contributed by atoms with E-state index in [0.717, 1.165) is 29.3 Å². The zero-order valence-electron chi connectivity index (χ0n) is 10.0. The fourth-order valence-corrected chi connectivity index (χ4v) is 2.39. The molecule has 2 nitrogen and oxygen atoms in total. The molecule has 1 unspecified atom stereocenters. The second-order valence-corrected chi connectivity index (χ2v) is 5.68. The summed E-state index contributed by atoms with van der Waals surface area (Å²) in [6, 6.07) is 7.89. The van der Waals surface area contributed by atoms with Gasteiger partial charge in [0, 0.05) is 17.5 Å². The fraction of sp³-hybridized carbons (Fsp3) is 0.500. The molecular weight excluding hydrogens is 280 g/mol. The van der Waals surface area contributed by atoms with Crippen LogP contribution >= 0.6 is 15.9 Å². The predicted octanol–water partition coefficient (Wildman–Crippen LogP) is 3.52.